The zero-order chi connectivity index (χ0) is 13.1. The molecule has 2 heterocycles. The van der Waals surface area contributed by atoms with Crippen molar-refractivity contribution in [1.29, 1.82) is 5.26 Å². The van der Waals surface area contributed by atoms with Crippen LogP contribution in [0.3, 0.4) is 0 Å². The molecule has 1 amide bonds. The van der Waals surface area contributed by atoms with Crippen molar-refractivity contribution < 1.29 is 9.53 Å². The molecule has 18 heavy (non-hydrogen) atoms. The Morgan fingerprint density at radius 2 is 2.17 bits per heavy atom. The van der Waals surface area contributed by atoms with Gasteiger partial charge >= 0.3 is 0 Å². The molecule has 5 heteroatoms. The van der Waals surface area contributed by atoms with Gasteiger partial charge in [-0.15, -0.1) is 0 Å². The van der Waals surface area contributed by atoms with Crippen molar-refractivity contribution in [3.8, 4) is 6.07 Å². The molecule has 2 aliphatic heterocycles. The highest BCUT2D eigenvalue weighted by molar-refractivity contribution is 5.82. The zero-order valence-electron chi connectivity index (χ0n) is 11.1. The van der Waals surface area contributed by atoms with Gasteiger partial charge in [0.05, 0.1) is 25.4 Å². The predicted molar refractivity (Wildman–Crippen MR) is 66.4 cm³/mol. The molecule has 0 aromatic rings. The fraction of sp³-hybridized carbons (Fsp3) is 0.846. The molecule has 5 nitrogen and oxygen atoms in total. The van der Waals surface area contributed by atoms with Gasteiger partial charge in [-0.1, -0.05) is 20.3 Å². The molecule has 0 aromatic carbocycles. The third-order valence-electron chi connectivity index (χ3n) is 4.22. The highest BCUT2D eigenvalue weighted by atomic mass is 16.5. The van der Waals surface area contributed by atoms with Crippen LogP contribution in [0.4, 0.5) is 0 Å². The summed E-state index contributed by atoms with van der Waals surface area (Å²) in [4.78, 5) is 14.3. The lowest BCUT2D eigenvalue weighted by molar-refractivity contribution is -0.135. The molecule has 1 N–H and O–H groups in total. The first-order valence-electron chi connectivity index (χ1n) is 6.70. The van der Waals surface area contributed by atoms with Crippen LogP contribution >= 0.6 is 0 Å². The Morgan fingerprint density at radius 1 is 1.50 bits per heavy atom. The summed E-state index contributed by atoms with van der Waals surface area (Å²) in [5.74, 6) is -0.159. The lowest BCUT2D eigenvalue weighted by Gasteiger charge is -2.45. The van der Waals surface area contributed by atoms with E-state index in [1.54, 1.807) is 0 Å². The number of morpholine rings is 1. The highest BCUT2D eigenvalue weighted by Crippen LogP contribution is 2.32. The van der Waals surface area contributed by atoms with Crippen LogP contribution in [-0.2, 0) is 9.53 Å². The van der Waals surface area contributed by atoms with Gasteiger partial charge in [0.2, 0.25) is 5.91 Å². The van der Waals surface area contributed by atoms with Gasteiger partial charge in [0, 0.05) is 13.1 Å². The van der Waals surface area contributed by atoms with E-state index < -0.39 is 5.92 Å². The van der Waals surface area contributed by atoms with Crippen molar-refractivity contribution in [2.45, 2.75) is 26.4 Å². The van der Waals surface area contributed by atoms with Crippen LogP contribution in [0.25, 0.3) is 0 Å². The lowest BCUT2D eigenvalue weighted by Crippen LogP contribution is -2.62. The van der Waals surface area contributed by atoms with E-state index in [0.717, 1.165) is 32.7 Å². The standard InChI is InChI=1S/C13H21N3O2/c1-3-10-9(2)12(15-13(17)11(10)8-14)16-4-6-18-7-5-16/h9-12H,3-7H2,1-2H3,(H,15,17)/t9-,10+,11+,12-/m1/s1. The summed E-state index contributed by atoms with van der Waals surface area (Å²) in [6, 6.07) is 2.15. The summed E-state index contributed by atoms with van der Waals surface area (Å²) in [7, 11) is 0. The molecular formula is C13H21N3O2. The molecule has 0 saturated carbocycles. The van der Waals surface area contributed by atoms with Crippen LogP contribution in [0, 0.1) is 29.1 Å². The number of hydrogen-bond donors (Lipinski definition) is 1. The first-order valence-corrected chi connectivity index (χ1v) is 6.70. The quantitative estimate of drug-likeness (QED) is 0.779. The van der Waals surface area contributed by atoms with Crippen molar-refractivity contribution in [2.24, 2.45) is 17.8 Å². The minimum Gasteiger partial charge on any atom is -0.379 e. The smallest absolute Gasteiger partial charge is 0.238 e. The Morgan fingerprint density at radius 3 is 2.72 bits per heavy atom. The zero-order valence-corrected chi connectivity index (χ0v) is 11.1. The summed E-state index contributed by atoms with van der Waals surface area (Å²) < 4.78 is 5.34. The summed E-state index contributed by atoms with van der Waals surface area (Å²) in [5.41, 5.74) is 0. The summed E-state index contributed by atoms with van der Waals surface area (Å²) in [5, 5.41) is 12.1. The fourth-order valence-electron chi connectivity index (χ4n) is 3.14. The number of hydrogen-bond acceptors (Lipinski definition) is 4. The maximum absolute atomic E-state index is 12.0. The van der Waals surface area contributed by atoms with Crippen LogP contribution in [0.1, 0.15) is 20.3 Å². The van der Waals surface area contributed by atoms with Crippen LogP contribution in [0.2, 0.25) is 0 Å². The molecule has 2 fully saturated rings. The third-order valence-corrected chi connectivity index (χ3v) is 4.22. The average Bonchev–Trinajstić information content (AvgIpc) is 2.41. The number of ether oxygens (including phenoxy) is 1. The lowest BCUT2D eigenvalue weighted by atomic mass is 9.76. The van der Waals surface area contributed by atoms with E-state index in [1.807, 2.05) is 0 Å². The summed E-state index contributed by atoms with van der Waals surface area (Å²) >= 11 is 0. The Labute approximate surface area is 108 Å². The SMILES string of the molecule is CC[C@H]1[C@@H](C)[C@@H](N2CCOCC2)NC(=O)[C@H]1C#N. The van der Waals surface area contributed by atoms with Crippen LogP contribution in [0.5, 0.6) is 0 Å². The van der Waals surface area contributed by atoms with E-state index in [4.69, 9.17) is 10.00 Å². The van der Waals surface area contributed by atoms with Crippen LogP contribution in [-0.4, -0.2) is 43.3 Å². The molecule has 0 aromatic heterocycles. The second-order valence-electron chi connectivity index (χ2n) is 5.14. The summed E-state index contributed by atoms with van der Waals surface area (Å²) in [6.45, 7) is 7.33. The minimum atomic E-state index is -0.498. The van der Waals surface area contributed by atoms with E-state index in [0.29, 0.717) is 5.92 Å². The van der Waals surface area contributed by atoms with Crippen LogP contribution < -0.4 is 5.32 Å². The van der Waals surface area contributed by atoms with Gasteiger partial charge in [-0.2, -0.15) is 5.26 Å². The number of nitrogens with one attached hydrogen (secondary N) is 1. The monoisotopic (exact) mass is 251 g/mol. The molecule has 0 unspecified atom stereocenters. The first kappa shape index (κ1) is 13.3. The number of amides is 1. The Hall–Kier alpha value is -1.12. The third kappa shape index (κ3) is 2.36. The largest absolute Gasteiger partial charge is 0.379 e. The molecule has 0 radical (unpaired) electrons. The minimum absolute atomic E-state index is 0.0518. The maximum atomic E-state index is 12.0. The maximum Gasteiger partial charge on any atom is 0.238 e. The molecule has 2 aliphatic rings. The molecule has 2 saturated heterocycles. The number of nitrogens with zero attached hydrogens (tertiary/aromatic N) is 2. The molecular weight excluding hydrogens is 230 g/mol. The van der Waals surface area contributed by atoms with Gasteiger partial charge in [0.1, 0.15) is 5.92 Å². The molecule has 100 valence electrons. The Kier molecular flexibility index (Phi) is 4.20. The number of carbonyl (C=O) groups excluding carboxylic acids is 1. The number of piperidine rings is 1. The van der Waals surface area contributed by atoms with Crippen molar-refractivity contribution in [1.82, 2.24) is 10.2 Å². The molecule has 0 aliphatic carbocycles. The fourth-order valence-corrected chi connectivity index (χ4v) is 3.14. The van der Waals surface area contributed by atoms with Gasteiger partial charge in [-0.25, -0.2) is 0 Å². The van der Waals surface area contributed by atoms with Crippen molar-refractivity contribution in [2.75, 3.05) is 26.3 Å². The predicted octanol–water partition coefficient (Wildman–Crippen LogP) is 0.577. The summed E-state index contributed by atoms with van der Waals surface area (Å²) in [6.07, 6.45) is 0.921. The molecule has 2 rings (SSSR count). The Balaban J connectivity index is 2.13. The van der Waals surface area contributed by atoms with E-state index in [1.165, 1.54) is 0 Å². The van der Waals surface area contributed by atoms with Crippen molar-refractivity contribution in [3.05, 3.63) is 0 Å². The van der Waals surface area contributed by atoms with Crippen molar-refractivity contribution in [3.63, 3.8) is 0 Å². The number of nitriles is 1. The Bertz CT molecular complexity index is 347. The molecule has 0 spiro atoms. The van der Waals surface area contributed by atoms with Gasteiger partial charge in [0.15, 0.2) is 0 Å². The average molecular weight is 251 g/mol. The number of carbonyl (C=O) groups is 1. The highest BCUT2D eigenvalue weighted by Gasteiger charge is 2.43. The molecule has 4 atom stereocenters. The van der Waals surface area contributed by atoms with E-state index >= 15 is 0 Å². The second kappa shape index (κ2) is 5.68. The van der Waals surface area contributed by atoms with Crippen molar-refractivity contribution >= 4 is 5.91 Å². The van der Waals surface area contributed by atoms with E-state index in [2.05, 4.69) is 30.1 Å². The van der Waals surface area contributed by atoms with E-state index in [-0.39, 0.29) is 18.0 Å². The number of rotatable bonds is 2. The second-order valence-corrected chi connectivity index (χ2v) is 5.14. The van der Waals surface area contributed by atoms with E-state index in [9.17, 15) is 4.79 Å². The molecule has 0 bridgehead atoms. The first-order chi connectivity index (χ1) is 8.69. The van der Waals surface area contributed by atoms with Gasteiger partial charge in [0.25, 0.3) is 0 Å². The van der Waals surface area contributed by atoms with Gasteiger partial charge in [-0.3, -0.25) is 9.69 Å². The normalized spacial score (nSPS) is 37.9. The van der Waals surface area contributed by atoms with Gasteiger partial charge < -0.3 is 10.1 Å². The topological polar surface area (TPSA) is 65.4 Å². The van der Waals surface area contributed by atoms with Crippen LogP contribution in [0.15, 0.2) is 0 Å². The van der Waals surface area contributed by atoms with Gasteiger partial charge in [-0.05, 0) is 11.8 Å².